The molecule has 2 heteroatoms. The highest BCUT2D eigenvalue weighted by Crippen LogP contribution is 2.20. The van der Waals surface area contributed by atoms with Gasteiger partial charge in [0.25, 0.3) is 0 Å². The Balaban J connectivity index is 2.28. The van der Waals surface area contributed by atoms with E-state index in [9.17, 15) is 5.11 Å². The van der Waals surface area contributed by atoms with Crippen LogP contribution in [-0.4, -0.2) is 5.11 Å². The largest absolute Gasteiger partial charge is 0.509 e. The molecule has 2 nitrogen and oxygen atoms in total. The number of rotatable bonds is 1. The number of hydrogen-bond donors (Lipinski definition) is 2. The van der Waals surface area contributed by atoms with Gasteiger partial charge in [-0.2, -0.15) is 0 Å². The van der Waals surface area contributed by atoms with Crippen molar-refractivity contribution in [1.82, 2.24) is 5.32 Å². The molecule has 1 aromatic carbocycles. The summed E-state index contributed by atoms with van der Waals surface area (Å²) in [6, 6.07) is 10.5. The molecule has 1 aromatic rings. The van der Waals surface area contributed by atoms with E-state index in [4.69, 9.17) is 0 Å². The highest BCUT2D eigenvalue weighted by Gasteiger charge is 2.16. The zero-order valence-corrected chi connectivity index (χ0v) is 7.07. The minimum atomic E-state index is 0.272. The lowest BCUT2D eigenvalue weighted by atomic mass is 10.0. The zero-order chi connectivity index (χ0) is 9.10. The quantitative estimate of drug-likeness (QED) is 0.680. The van der Waals surface area contributed by atoms with Crippen molar-refractivity contribution in [1.29, 1.82) is 0 Å². The van der Waals surface area contributed by atoms with E-state index >= 15 is 0 Å². The van der Waals surface area contributed by atoms with Gasteiger partial charge in [0.05, 0.1) is 0 Å². The standard InChI is InChI=1S/C11H10NO/c13-10-7-4-8-12-11(10)9-5-2-1-3-6-9/h1-8,12-13H. The Kier molecular flexibility index (Phi) is 2.04. The first-order chi connectivity index (χ1) is 6.38. The summed E-state index contributed by atoms with van der Waals surface area (Å²) < 4.78 is 0. The third-order valence-electron chi connectivity index (χ3n) is 1.90. The predicted octanol–water partition coefficient (Wildman–Crippen LogP) is 2.13. The molecule has 0 aliphatic carbocycles. The van der Waals surface area contributed by atoms with Crippen LogP contribution in [0, 0.1) is 6.04 Å². The fourth-order valence-electron chi connectivity index (χ4n) is 1.26. The number of aliphatic hydroxyl groups excluding tert-OH is 1. The van der Waals surface area contributed by atoms with Crippen molar-refractivity contribution >= 4 is 0 Å². The summed E-state index contributed by atoms with van der Waals surface area (Å²) in [6.07, 6.45) is 5.22. The van der Waals surface area contributed by atoms with E-state index in [1.165, 1.54) is 0 Å². The van der Waals surface area contributed by atoms with Gasteiger partial charge in [-0.15, -0.1) is 0 Å². The Morgan fingerprint density at radius 2 is 1.85 bits per heavy atom. The molecule has 0 spiro atoms. The molecule has 0 unspecified atom stereocenters. The van der Waals surface area contributed by atoms with Crippen LogP contribution < -0.4 is 5.32 Å². The third-order valence-corrected chi connectivity index (χ3v) is 1.90. The van der Waals surface area contributed by atoms with E-state index in [1.807, 2.05) is 30.3 Å². The first-order valence-electron chi connectivity index (χ1n) is 4.13. The van der Waals surface area contributed by atoms with Crippen molar-refractivity contribution in [2.24, 2.45) is 0 Å². The van der Waals surface area contributed by atoms with Crippen LogP contribution in [0.4, 0.5) is 0 Å². The van der Waals surface area contributed by atoms with Crippen molar-refractivity contribution in [2.75, 3.05) is 0 Å². The van der Waals surface area contributed by atoms with Crippen LogP contribution >= 0.6 is 0 Å². The summed E-state index contributed by atoms with van der Waals surface area (Å²) >= 11 is 0. The van der Waals surface area contributed by atoms with Gasteiger partial charge in [0.1, 0.15) is 5.76 Å². The number of dihydropyridines is 1. The second-order valence-corrected chi connectivity index (χ2v) is 2.80. The molecule has 1 aliphatic rings. The Morgan fingerprint density at radius 3 is 2.54 bits per heavy atom. The van der Waals surface area contributed by atoms with Crippen LogP contribution in [0.15, 0.2) is 54.4 Å². The average molecular weight is 172 g/mol. The minimum absolute atomic E-state index is 0.272. The van der Waals surface area contributed by atoms with Crippen LogP contribution in [0.3, 0.4) is 0 Å². The van der Waals surface area contributed by atoms with E-state index in [2.05, 4.69) is 5.32 Å². The number of benzene rings is 1. The maximum absolute atomic E-state index is 9.53. The molecular formula is C11H10NO. The van der Waals surface area contributed by atoms with Gasteiger partial charge < -0.3 is 10.4 Å². The van der Waals surface area contributed by atoms with Gasteiger partial charge in [-0.3, -0.25) is 0 Å². The lowest BCUT2D eigenvalue weighted by Crippen LogP contribution is -2.20. The summed E-state index contributed by atoms with van der Waals surface area (Å²) in [5, 5.41) is 12.5. The molecule has 1 radical (unpaired) electrons. The fraction of sp³-hybridized carbons (Fsp3) is 0. The summed E-state index contributed by atoms with van der Waals surface area (Å²) in [5.41, 5.74) is 0.987. The summed E-state index contributed by atoms with van der Waals surface area (Å²) in [6.45, 7) is 0. The normalized spacial score (nSPS) is 16.5. The second-order valence-electron chi connectivity index (χ2n) is 2.80. The van der Waals surface area contributed by atoms with Gasteiger partial charge in [0, 0.05) is 0 Å². The molecule has 1 heterocycles. The van der Waals surface area contributed by atoms with Gasteiger partial charge in [-0.05, 0) is 23.9 Å². The smallest absolute Gasteiger partial charge is 0.155 e. The van der Waals surface area contributed by atoms with Gasteiger partial charge in [0.2, 0.25) is 0 Å². The van der Waals surface area contributed by atoms with Crippen LogP contribution in [0.25, 0.3) is 0 Å². The minimum Gasteiger partial charge on any atom is -0.509 e. The number of hydrogen-bond acceptors (Lipinski definition) is 2. The van der Waals surface area contributed by atoms with Crippen molar-refractivity contribution in [2.45, 2.75) is 0 Å². The highest BCUT2D eigenvalue weighted by atomic mass is 16.3. The summed E-state index contributed by atoms with van der Waals surface area (Å²) in [4.78, 5) is 0. The van der Waals surface area contributed by atoms with Crippen LogP contribution in [0.1, 0.15) is 5.56 Å². The van der Waals surface area contributed by atoms with Crippen molar-refractivity contribution in [3.63, 3.8) is 0 Å². The maximum atomic E-state index is 9.53. The Labute approximate surface area is 77.2 Å². The number of aliphatic hydroxyl groups is 1. The lowest BCUT2D eigenvalue weighted by Gasteiger charge is -2.17. The molecule has 65 valence electrons. The third kappa shape index (κ3) is 1.56. The fourth-order valence-corrected chi connectivity index (χ4v) is 1.26. The molecule has 0 aromatic heterocycles. The molecule has 0 fully saturated rings. The number of nitrogens with one attached hydrogen (secondary N) is 1. The molecule has 0 bridgehead atoms. The molecule has 0 saturated carbocycles. The van der Waals surface area contributed by atoms with E-state index in [1.54, 1.807) is 18.4 Å². The van der Waals surface area contributed by atoms with E-state index in [0.29, 0.717) is 0 Å². The van der Waals surface area contributed by atoms with Crippen LogP contribution in [0.2, 0.25) is 0 Å². The Bertz CT molecular complexity index is 340. The molecule has 2 N–H and O–H groups in total. The molecule has 2 rings (SSSR count). The predicted molar refractivity (Wildman–Crippen MR) is 51.8 cm³/mol. The monoisotopic (exact) mass is 172 g/mol. The van der Waals surface area contributed by atoms with Gasteiger partial charge >= 0.3 is 0 Å². The van der Waals surface area contributed by atoms with Gasteiger partial charge in [-0.25, -0.2) is 0 Å². The number of allylic oxidation sites excluding steroid dienone is 2. The second kappa shape index (κ2) is 3.35. The van der Waals surface area contributed by atoms with Crippen molar-refractivity contribution in [3.05, 3.63) is 66.0 Å². The molecule has 0 amide bonds. The topological polar surface area (TPSA) is 32.3 Å². The van der Waals surface area contributed by atoms with Crippen molar-refractivity contribution < 1.29 is 5.11 Å². The highest BCUT2D eigenvalue weighted by molar-refractivity contribution is 5.42. The summed E-state index contributed by atoms with van der Waals surface area (Å²) in [5.74, 6) is 0.272. The SMILES string of the molecule is OC1=CC=CN[C]1c1ccccc1. The first-order valence-corrected chi connectivity index (χ1v) is 4.13. The molecule has 1 aliphatic heterocycles. The summed E-state index contributed by atoms with van der Waals surface area (Å²) in [7, 11) is 0. The Hall–Kier alpha value is -1.70. The van der Waals surface area contributed by atoms with E-state index in [0.717, 1.165) is 11.6 Å². The Morgan fingerprint density at radius 1 is 1.08 bits per heavy atom. The first kappa shape index (κ1) is 7.92. The molecule has 0 saturated heterocycles. The molecule has 13 heavy (non-hydrogen) atoms. The molecular weight excluding hydrogens is 162 g/mol. The van der Waals surface area contributed by atoms with Gasteiger partial charge in [-0.1, -0.05) is 30.3 Å². The van der Waals surface area contributed by atoms with Crippen LogP contribution in [0.5, 0.6) is 0 Å². The average Bonchev–Trinajstić information content (AvgIpc) is 2.20. The van der Waals surface area contributed by atoms with E-state index in [-0.39, 0.29) is 5.76 Å². The van der Waals surface area contributed by atoms with Gasteiger partial charge in [0.15, 0.2) is 6.04 Å². The van der Waals surface area contributed by atoms with Crippen LogP contribution in [-0.2, 0) is 0 Å². The lowest BCUT2D eigenvalue weighted by molar-refractivity contribution is 0.399. The zero-order valence-electron chi connectivity index (χ0n) is 7.07. The van der Waals surface area contributed by atoms with Crippen molar-refractivity contribution in [3.8, 4) is 0 Å². The van der Waals surface area contributed by atoms with E-state index < -0.39 is 0 Å². The molecule has 0 atom stereocenters. The maximum Gasteiger partial charge on any atom is 0.155 e.